The maximum atomic E-state index is 4.64. The fraction of sp³-hybridized carbons (Fsp3) is 0.188. The second-order valence-electron chi connectivity index (χ2n) is 4.65. The van der Waals surface area contributed by atoms with Crippen molar-refractivity contribution < 1.29 is 0 Å². The molecule has 0 radical (unpaired) electrons. The molecule has 0 saturated carbocycles. The minimum atomic E-state index is 0.996. The van der Waals surface area contributed by atoms with E-state index in [2.05, 4.69) is 72.0 Å². The van der Waals surface area contributed by atoms with Gasteiger partial charge in [0.2, 0.25) is 0 Å². The zero-order valence-electron chi connectivity index (χ0n) is 10.7. The van der Waals surface area contributed by atoms with Gasteiger partial charge in [0.1, 0.15) is 5.65 Å². The van der Waals surface area contributed by atoms with Gasteiger partial charge in [-0.1, -0.05) is 37.3 Å². The maximum Gasteiger partial charge on any atom is 0.137 e. The van der Waals surface area contributed by atoms with Gasteiger partial charge in [-0.15, -0.1) is 0 Å². The highest BCUT2D eigenvalue weighted by Gasteiger charge is 2.04. The number of imidazole rings is 1. The number of pyridine rings is 1. The van der Waals surface area contributed by atoms with E-state index in [0.717, 1.165) is 17.8 Å². The van der Waals surface area contributed by atoms with Gasteiger partial charge in [0.05, 0.1) is 5.69 Å². The van der Waals surface area contributed by atoms with Crippen molar-refractivity contribution in [1.29, 1.82) is 0 Å². The van der Waals surface area contributed by atoms with E-state index in [1.165, 1.54) is 16.7 Å². The first-order valence-corrected chi connectivity index (χ1v) is 6.31. The van der Waals surface area contributed by atoms with Crippen molar-refractivity contribution >= 4 is 5.65 Å². The largest absolute Gasteiger partial charge is 0.306 e. The van der Waals surface area contributed by atoms with Crippen LogP contribution in [0.1, 0.15) is 18.1 Å². The molecule has 0 aliphatic carbocycles. The highest BCUT2D eigenvalue weighted by molar-refractivity contribution is 5.63. The van der Waals surface area contributed by atoms with Crippen molar-refractivity contribution in [2.75, 3.05) is 0 Å². The Balaban J connectivity index is 2.07. The summed E-state index contributed by atoms with van der Waals surface area (Å²) in [5.41, 5.74) is 5.80. The van der Waals surface area contributed by atoms with Crippen molar-refractivity contribution in [3.05, 3.63) is 59.9 Å². The van der Waals surface area contributed by atoms with Gasteiger partial charge in [-0.3, -0.25) is 0 Å². The molecule has 0 atom stereocenters. The first-order valence-electron chi connectivity index (χ1n) is 6.31. The number of hydrogen-bond acceptors (Lipinski definition) is 1. The fourth-order valence-corrected chi connectivity index (χ4v) is 2.15. The van der Waals surface area contributed by atoms with Crippen molar-refractivity contribution in [2.45, 2.75) is 20.3 Å². The lowest BCUT2D eigenvalue weighted by Crippen LogP contribution is -1.82. The molecule has 0 unspecified atom stereocenters. The smallest absolute Gasteiger partial charge is 0.137 e. The molecule has 2 heterocycles. The molecule has 0 N–H and O–H groups in total. The molecular formula is C16H16N2. The van der Waals surface area contributed by atoms with E-state index in [1.807, 2.05) is 0 Å². The van der Waals surface area contributed by atoms with E-state index < -0.39 is 0 Å². The second-order valence-corrected chi connectivity index (χ2v) is 4.65. The third-order valence-corrected chi connectivity index (χ3v) is 3.26. The van der Waals surface area contributed by atoms with Crippen molar-refractivity contribution in [3.8, 4) is 11.3 Å². The normalized spacial score (nSPS) is 11.0. The third kappa shape index (κ3) is 1.90. The van der Waals surface area contributed by atoms with Crippen LogP contribution in [0, 0.1) is 6.92 Å². The van der Waals surface area contributed by atoms with Crippen LogP contribution in [0.3, 0.4) is 0 Å². The molecule has 2 aromatic heterocycles. The van der Waals surface area contributed by atoms with Crippen molar-refractivity contribution in [1.82, 2.24) is 9.38 Å². The predicted molar refractivity (Wildman–Crippen MR) is 74.7 cm³/mol. The monoisotopic (exact) mass is 236 g/mol. The molecule has 1 aromatic carbocycles. The molecule has 0 amide bonds. The summed E-state index contributed by atoms with van der Waals surface area (Å²) >= 11 is 0. The Morgan fingerprint density at radius 2 is 1.78 bits per heavy atom. The zero-order valence-corrected chi connectivity index (χ0v) is 10.7. The molecule has 0 spiro atoms. The molecule has 0 bridgehead atoms. The summed E-state index contributed by atoms with van der Waals surface area (Å²) in [6, 6.07) is 12.8. The summed E-state index contributed by atoms with van der Waals surface area (Å²) in [5, 5.41) is 0. The molecule has 0 aliphatic rings. The van der Waals surface area contributed by atoms with E-state index in [9.17, 15) is 0 Å². The summed E-state index contributed by atoms with van der Waals surface area (Å²) in [5.74, 6) is 0. The molecule has 3 aromatic rings. The van der Waals surface area contributed by atoms with Crippen LogP contribution in [0.5, 0.6) is 0 Å². The average molecular weight is 236 g/mol. The Bertz CT molecular complexity index is 678. The number of rotatable bonds is 2. The summed E-state index contributed by atoms with van der Waals surface area (Å²) < 4.78 is 2.08. The summed E-state index contributed by atoms with van der Waals surface area (Å²) in [7, 11) is 0. The Hall–Kier alpha value is -2.09. The van der Waals surface area contributed by atoms with E-state index in [-0.39, 0.29) is 0 Å². The van der Waals surface area contributed by atoms with Gasteiger partial charge in [0.15, 0.2) is 0 Å². The molecule has 0 saturated heterocycles. The number of aryl methyl sites for hydroxylation is 2. The van der Waals surface area contributed by atoms with Crippen molar-refractivity contribution in [2.24, 2.45) is 0 Å². The lowest BCUT2D eigenvalue weighted by atomic mass is 10.1. The summed E-state index contributed by atoms with van der Waals surface area (Å²) in [6.07, 6.45) is 5.26. The van der Waals surface area contributed by atoms with Crippen LogP contribution in [0.2, 0.25) is 0 Å². The van der Waals surface area contributed by atoms with E-state index >= 15 is 0 Å². The average Bonchev–Trinajstić information content (AvgIpc) is 2.81. The van der Waals surface area contributed by atoms with Gasteiger partial charge < -0.3 is 4.40 Å². The highest BCUT2D eigenvalue weighted by atomic mass is 15.0. The SMILES string of the molecule is CCc1ccc(-c2cn3cc(C)ccc3n2)cc1. The second kappa shape index (κ2) is 4.30. The standard InChI is InChI=1S/C16H16N2/c1-3-13-5-7-14(8-6-13)15-11-18-10-12(2)4-9-16(18)17-15/h4-11H,3H2,1-2H3. The molecule has 18 heavy (non-hydrogen) atoms. The number of hydrogen-bond donors (Lipinski definition) is 0. The van der Waals surface area contributed by atoms with Gasteiger partial charge in [-0.05, 0) is 30.5 Å². The molecule has 0 fully saturated rings. The number of fused-ring (bicyclic) bond motifs is 1. The topological polar surface area (TPSA) is 17.3 Å². The van der Waals surface area contributed by atoms with E-state index in [1.54, 1.807) is 0 Å². The van der Waals surface area contributed by atoms with Crippen LogP contribution >= 0.6 is 0 Å². The van der Waals surface area contributed by atoms with Crippen LogP contribution in [-0.4, -0.2) is 9.38 Å². The number of benzene rings is 1. The van der Waals surface area contributed by atoms with Gasteiger partial charge in [0.25, 0.3) is 0 Å². The van der Waals surface area contributed by atoms with E-state index in [0.29, 0.717) is 0 Å². The van der Waals surface area contributed by atoms with Crippen LogP contribution in [0.4, 0.5) is 0 Å². The van der Waals surface area contributed by atoms with Gasteiger partial charge >= 0.3 is 0 Å². The number of aromatic nitrogens is 2. The Morgan fingerprint density at radius 3 is 2.50 bits per heavy atom. The quantitative estimate of drug-likeness (QED) is 0.660. The maximum absolute atomic E-state index is 4.64. The van der Waals surface area contributed by atoms with Gasteiger partial charge in [-0.2, -0.15) is 0 Å². The highest BCUT2D eigenvalue weighted by Crippen LogP contribution is 2.20. The first kappa shape index (κ1) is 11.0. The Kier molecular flexibility index (Phi) is 2.63. The number of nitrogens with zero attached hydrogens (tertiary/aromatic N) is 2. The van der Waals surface area contributed by atoms with Crippen LogP contribution in [-0.2, 0) is 6.42 Å². The molecular weight excluding hydrogens is 220 g/mol. The summed E-state index contributed by atoms with van der Waals surface area (Å²) in [4.78, 5) is 4.64. The van der Waals surface area contributed by atoms with Crippen molar-refractivity contribution in [3.63, 3.8) is 0 Å². The third-order valence-electron chi connectivity index (χ3n) is 3.26. The molecule has 90 valence electrons. The Labute approximate surface area is 107 Å². The van der Waals surface area contributed by atoms with E-state index in [4.69, 9.17) is 0 Å². The fourth-order valence-electron chi connectivity index (χ4n) is 2.15. The summed E-state index contributed by atoms with van der Waals surface area (Å²) in [6.45, 7) is 4.26. The van der Waals surface area contributed by atoms with Crippen LogP contribution in [0.15, 0.2) is 48.8 Å². The molecule has 2 heteroatoms. The van der Waals surface area contributed by atoms with Crippen LogP contribution < -0.4 is 0 Å². The lowest BCUT2D eigenvalue weighted by Gasteiger charge is -1.98. The molecule has 2 nitrogen and oxygen atoms in total. The van der Waals surface area contributed by atoms with Gasteiger partial charge in [-0.25, -0.2) is 4.98 Å². The van der Waals surface area contributed by atoms with Gasteiger partial charge in [0, 0.05) is 18.0 Å². The lowest BCUT2D eigenvalue weighted by molar-refractivity contribution is 1.14. The first-order chi connectivity index (χ1) is 8.76. The molecule has 0 aliphatic heterocycles. The Morgan fingerprint density at radius 1 is 1.00 bits per heavy atom. The minimum Gasteiger partial charge on any atom is -0.306 e. The molecule has 3 rings (SSSR count). The zero-order chi connectivity index (χ0) is 12.5. The minimum absolute atomic E-state index is 0.996. The predicted octanol–water partition coefficient (Wildman–Crippen LogP) is 3.87. The van der Waals surface area contributed by atoms with Crippen LogP contribution in [0.25, 0.3) is 16.9 Å².